The van der Waals surface area contributed by atoms with E-state index >= 15 is 0 Å². The molecule has 0 bridgehead atoms. The molecule has 19 heavy (non-hydrogen) atoms. The van der Waals surface area contributed by atoms with E-state index in [0.717, 1.165) is 17.7 Å². The second-order valence-electron chi connectivity index (χ2n) is 4.69. The number of fused-ring (bicyclic) bond motifs is 1. The highest BCUT2D eigenvalue weighted by Gasteiger charge is 2.35. The van der Waals surface area contributed by atoms with Crippen LogP contribution in [0.2, 0.25) is 0 Å². The molecule has 0 aliphatic carbocycles. The molecule has 96 valence electrons. The van der Waals surface area contributed by atoms with Crippen molar-refractivity contribution in [3.63, 3.8) is 0 Å². The van der Waals surface area contributed by atoms with Crippen LogP contribution in [0.4, 0.5) is 5.69 Å². The summed E-state index contributed by atoms with van der Waals surface area (Å²) in [5.41, 5.74) is 3.48. The Balaban J connectivity index is 1.87. The summed E-state index contributed by atoms with van der Waals surface area (Å²) in [5, 5.41) is 4.09. The van der Waals surface area contributed by atoms with Crippen LogP contribution >= 0.6 is 11.3 Å². The smallest absolute Gasteiger partial charge is 0.299 e. The van der Waals surface area contributed by atoms with E-state index in [4.69, 9.17) is 0 Å². The molecule has 2 aromatic rings. The number of hydrogen-bond donors (Lipinski definition) is 0. The Morgan fingerprint density at radius 2 is 2.05 bits per heavy atom. The van der Waals surface area contributed by atoms with Crippen molar-refractivity contribution in [3.8, 4) is 0 Å². The zero-order valence-electron chi connectivity index (χ0n) is 10.6. The van der Waals surface area contributed by atoms with Gasteiger partial charge in [0.05, 0.1) is 11.3 Å². The van der Waals surface area contributed by atoms with Crippen LogP contribution in [0.25, 0.3) is 0 Å². The van der Waals surface area contributed by atoms with Gasteiger partial charge >= 0.3 is 0 Å². The highest BCUT2D eigenvalue weighted by molar-refractivity contribution is 7.07. The first-order valence-corrected chi connectivity index (χ1v) is 7.09. The largest absolute Gasteiger partial charge is 0.304 e. The van der Waals surface area contributed by atoms with E-state index in [1.54, 1.807) is 22.3 Å². The lowest BCUT2D eigenvalue weighted by Gasteiger charge is -2.16. The molecular weight excluding hydrogens is 258 g/mol. The van der Waals surface area contributed by atoms with E-state index in [-0.39, 0.29) is 5.78 Å². The zero-order valence-corrected chi connectivity index (χ0v) is 11.4. The molecule has 1 amide bonds. The van der Waals surface area contributed by atoms with Crippen LogP contribution in [-0.2, 0) is 11.2 Å². The average molecular weight is 271 g/mol. The van der Waals surface area contributed by atoms with Crippen molar-refractivity contribution >= 4 is 28.7 Å². The van der Waals surface area contributed by atoms with Crippen LogP contribution < -0.4 is 4.90 Å². The van der Waals surface area contributed by atoms with Crippen LogP contribution in [0.1, 0.15) is 21.5 Å². The number of anilines is 1. The fourth-order valence-corrected chi connectivity index (χ4v) is 3.02. The molecular formula is C15H13NO2S. The van der Waals surface area contributed by atoms with Crippen molar-refractivity contribution in [3.05, 3.63) is 51.7 Å². The molecule has 0 N–H and O–H groups in total. The number of carbonyl (C=O) groups is 2. The Morgan fingerprint density at radius 1 is 1.21 bits per heavy atom. The number of thiophene rings is 1. The van der Waals surface area contributed by atoms with Gasteiger partial charge in [0.2, 0.25) is 0 Å². The van der Waals surface area contributed by atoms with Gasteiger partial charge in [-0.1, -0.05) is 11.6 Å². The lowest BCUT2D eigenvalue weighted by Crippen LogP contribution is -2.31. The Labute approximate surface area is 115 Å². The van der Waals surface area contributed by atoms with Gasteiger partial charge in [0.15, 0.2) is 0 Å². The van der Waals surface area contributed by atoms with E-state index in [1.807, 2.05) is 30.5 Å². The molecule has 0 saturated heterocycles. The van der Waals surface area contributed by atoms with Crippen molar-refractivity contribution in [2.75, 3.05) is 11.4 Å². The lowest BCUT2D eigenvalue weighted by atomic mass is 10.1. The van der Waals surface area contributed by atoms with E-state index in [1.165, 1.54) is 5.56 Å². The van der Waals surface area contributed by atoms with Gasteiger partial charge in [0.25, 0.3) is 11.7 Å². The Hall–Kier alpha value is -1.94. The normalized spacial score (nSPS) is 14.1. The number of ketones is 1. The molecule has 1 aliphatic rings. The quantitative estimate of drug-likeness (QED) is 0.805. The maximum Gasteiger partial charge on any atom is 0.299 e. The molecule has 0 spiro atoms. The van der Waals surface area contributed by atoms with Crippen molar-refractivity contribution in [1.82, 2.24) is 0 Å². The molecule has 0 atom stereocenters. The SMILES string of the molecule is Cc1ccc2c(c1)C(=O)C(=O)N2CCc1ccsc1. The Kier molecular flexibility index (Phi) is 2.95. The molecule has 0 saturated carbocycles. The van der Waals surface area contributed by atoms with Crippen LogP contribution in [0.3, 0.4) is 0 Å². The third-order valence-electron chi connectivity index (χ3n) is 3.33. The summed E-state index contributed by atoms with van der Waals surface area (Å²) >= 11 is 1.64. The van der Waals surface area contributed by atoms with Crippen molar-refractivity contribution in [1.29, 1.82) is 0 Å². The van der Waals surface area contributed by atoms with Gasteiger partial charge in [-0.25, -0.2) is 0 Å². The number of aryl methyl sites for hydroxylation is 1. The fourth-order valence-electron chi connectivity index (χ4n) is 2.31. The van der Waals surface area contributed by atoms with Crippen LogP contribution in [0, 0.1) is 6.92 Å². The highest BCUT2D eigenvalue weighted by Crippen LogP contribution is 2.29. The number of rotatable bonds is 3. The number of benzene rings is 1. The maximum atomic E-state index is 12.0. The van der Waals surface area contributed by atoms with Gasteiger partial charge < -0.3 is 4.90 Å². The molecule has 3 rings (SSSR count). The lowest BCUT2D eigenvalue weighted by molar-refractivity contribution is -0.114. The summed E-state index contributed by atoms with van der Waals surface area (Å²) in [5.74, 6) is -0.792. The van der Waals surface area contributed by atoms with E-state index in [0.29, 0.717) is 12.1 Å². The fraction of sp³-hybridized carbons (Fsp3) is 0.200. The summed E-state index contributed by atoms with van der Waals surface area (Å²) < 4.78 is 0. The predicted molar refractivity (Wildman–Crippen MR) is 75.9 cm³/mol. The summed E-state index contributed by atoms with van der Waals surface area (Å²) in [6.45, 7) is 2.48. The molecule has 1 aromatic carbocycles. The number of Topliss-reactive ketones (excluding diaryl/α,β-unsaturated/α-hetero) is 1. The summed E-state index contributed by atoms with van der Waals surface area (Å²) in [7, 11) is 0. The van der Waals surface area contributed by atoms with Crippen molar-refractivity contribution < 1.29 is 9.59 Å². The predicted octanol–water partition coefficient (Wildman–Crippen LogP) is 2.83. The summed E-state index contributed by atoms with van der Waals surface area (Å²) in [6, 6.07) is 7.63. The van der Waals surface area contributed by atoms with Crippen LogP contribution in [0.15, 0.2) is 35.0 Å². The number of nitrogens with zero attached hydrogens (tertiary/aromatic N) is 1. The minimum atomic E-state index is -0.407. The Morgan fingerprint density at radius 3 is 2.79 bits per heavy atom. The third kappa shape index (κ3) is 2.08. The van der Waals surface area contributed by atoms with E-state index < -0.39 is 5.91 Å². The Bertz CT molecular complexity index is 646. The van der Waals surface area contributed by atoms with Crippen LogP contribution in [-0.4, -0.2) is 18.2 Å². The summed E-state index contributed by atoms with van der Waals surface area (Å²) in [6.07, 6.45) is 0.774. The van der Waals surface area contributed by atoms with Gasteiger partial charge in [-0.2, -0.15) is 11.3 Å². The monoisotopic (exact) mass is 271 g/mol. The first-order chi connectivity index (χ1) is 9.16. The topological polar surface area (TPSA) is 37.4 Å². The van der Waals surface area contributed by atoms with Crippen molar-refractivity contribution in [2.24, 2.45) is 0 Å². The van der Waals surface area contributed by atoms with Gasteiger partial charge in [-0.15, -0.1) is 0 Å². The third-order valence-corrected chi connectivity index (χ3v) is 4.06. The number of amides is 1. The summed E-state index contributed by atoms with van der Waals surface area (Å²) in [4.78, 5) is 25.5. The number of carbonyl (C=O) groups excluding carboxylic acids is 2. The zero-order chi connectivity index (χ0) is 13.4. The van der Waals surface area contributed by atoms with Crippen LogP contribution in [0.5, 0.6) is 0 Å². The maximum absolute atomic E-state index is 12.0. The standard InChI is InChI=1S/C15H13NO2S/c1-10-2-3-13-12(8-10)14(17)15(18)16(13)6-4-11-5-7-19-9-11/h2-3,5,7-9H,4,6H2,1H3. The van der Waals surface area contributed by atoms with E-state index in [9.17, 15) is 9.59 Å². The molecule has 1 aliphatic heterocycles. The van der Waals surface area contributed by atoms with Gasteiger partial charge in [-0.05, 0) is 47.9 Å². The van der Waals surface area contributed by atoms with E-state index in [2.05, 4.69) is 5.38 Å². The van der Waals surface area contributed by atoms with Crippen molar-refractivity contribution in [2.45, 2.75) is 13.3 Å². The number of hydrogen-bond acceptors (Lipinski definition) is 3. The first kappa shape index (κ1) is 12.1. The first-order valence-electron chi connectivity index (χ1n) is 6.15. The molecule has 0 fully saturated rings. The second kappa shape index (κ2) is 4.63. The van der Waals surface area contributed by atoms with Gasteiger partial charge in [0, 0.05) is 6.54 Å². The molecule has 0 radical (unpaired) electrons. The van der Waals surface area contributed by atoms with Gasteiger partial charge in [0.1, 0.15) is 0 Å². The highest BCUT2D eigenvalue weighted by atomic mass is 32.1. The second-order valence-corrected chi connectivity index (χ2v) is 5.47. The molecule has 0 unspecified atom stereocenters. The average Bonchev–Trinajstić information content (AvgIpc) is 2.98. The molecule has 4 heteroatoms. The minimum absolute atomic E-state index is 0.385. The molecule has 1 aromatic heterocycles. The molecule has 3 nitrogen and oxygen atoms in total. The van der Waals surface area contributed by atoms with Gasteiger partial charge in [-0.3, -0.25) is 9.59 Å². The minimum Gasteiger partial charge on any atom is -0.304 e. The molecule has 2 heterocycles.